The second kappa shape index (κ2) is 7.87. The highest BCUT2D eigenvalue weighted by Gasteiger charge is 2.29. The first kappa shape index (κ1) is 19.7. The molecule has 3 rings (SSSR count). The second-order valence-electron chi connectivity index (χ2n) is 6.51. The first-order valence-corrected chi connectivity index (χ1v) is 8.65. The number of carbonyl (C=O) groups excluding carboxylic acids is 2. The fraction of sp³-hybridized carbons (Fsp3) is 0.316. The molecule has 0 saturated heterocycles. The van der Waals surface area contributed by atoms with Crippen LogP contribution in [0.5, 0.6) is 0 Å². The van der Waals surface area contributed by atoms with Crippen LogP contribution in [-0.4, -0.2) is 39.6 Å². The number of amides is 2. The molecule has 1 aliphatic heterocycles. The van der Waals surface area contributed by atoms with Gasteiger partial charge in [0.25, 0.3) is 0 Å². The van der Waals surface area contributed by atoms with Gasteiger partial charge in [-0.15, -0.1) is 0 Å². The number of benzene rings is 1. The summed E-state index contributed by atoms with van der Waals surface area (Å²) in [6, 6.07) is 4.45. The molecule has 1 aromatic heterocycles. The van der Waals surface area contributed by atoms with Crippen molar-refractivity contribution >= 4 is 17.9 Å². The SMILES string of the molecule is Cn1cc2c(n1)CCN(C(=O)CNC(=O)/C=C/c1ccc(C(F)(F)F)cc1)C2. The van der Waals surface area contributed by atoms with Crippen LogP contribution in [0.2, 0.25) is 0 Å². The Hall–Kier alpha value is -3.10. The number of alkyl halides is 3. The Balaban J connectivity index is 1.49. The summed E-state index contributed by atoms with van der Waals surface area (Å²) in [4.78, 5) is 25.8. The Kier molecular flexibility index (Phi) is 5.53. The van der Waals surface area contributed by atoms with E-state index >= 15 is 0 Å². The van der Waals surface area contributed by atoms with E-state index in [1.807, 2.05) is 13.2 Å². The number of aryl methyl sites for hydroxylation is 1. The highest BCUT2D eigenvalue weighted by atomic mass is 19.4. The molecule has 0 radical (unpaired) electrons. The van der Waals surface area contributed by atoms with Gasteiger partial charge in [-0.1, -0.05) is 12.1 Å². The number of aromatic nitrogens is 2. The molecular weight excluding hydrogens is 373 g/mol. The predicted octanol–water partition coefficient (Wildman–Crippen LogP) is 2.15. The number of hydrogen-bond acceptors (Lipinski definition) is 3. The number of carbonyl (C=O) groups is 2. The summed E-state index contributed by atoms with van der Waals surface area (Å²) in [5, 5.41) is 6.83. The van der Waals surface area contributed by atoms with Gasteiger partial charge < -0.3 is 10.2 Å². The number of halogens is 3. The molecule has 1 N–H and O–H groups in total. The van der Waals surface area contributed by atoms with Crippen LogP contribution in [0.15, 0.2) is 36.5 Å². The summed E-state index contributed by atoms with van der Waals surface area (Å²) in [6.07, 6.45) is 0.725. The summed E-state index contributed by atoms with van der Waals surface area (Å²) in [5.74, 6) is -0.696. The standard InChI is InChI=1S/C19H19F3N4O2/c1-25-11-14-12-26(9-8-16(14)24-25)18(28)10-23-17(27)7-4-13-2-5-15(6-3-13)19(20,21)22/h2-7,11H,8-10,12H2,1H3,(H,23,27)/b7-4+. The summed E-state index contributed by atoms with van der Waals surface area (Å²) < 4.78 is 39.3. The maximum absolute atomic E-state index is 12.5. The van der Waals surface area contributed by atoms with Crippen molar-refractivity contribution in [1.82, 2.24) is 20.0 Å². The van der Waals surface area contributed by atoms with Gasteiger partial charge in [-0.2, -0.15) is 18.3 Å². The highest BCUT2D eigenvalue weighted by molar-refractivity contribution is 5.94. The first-order chi connectivity index (χ1) is 13.2. The molecule has 0 fully saturated rings. The van der Waals surface area contributed by atoms with Gasteiger partial charge in [-0.3, -0.25) is 14.3 Å². The number of hydrogen-bond donors (Lipinski definition) is 1. The number of nitrogens with zero attached hydrogens (tertiary/aromatic N) is 3. The minimum atomic E-state index is -4.40. The topological polar surface area (TPSA) is 67.2 Å². The molecule has 2 heterocycles. The molecule has 1 aliphatic rings. The van der Waals surface area contributed by atoms with E-state index in [1.54, 1.807) is 9.58 Å². The summed E-state index contributed by atoms with van der Waals surface area (Å²) in [6.45, 7) is 0.852. The molecule has 148 valence electrons. The molecule has 9 heteroatoms. The number of nitrogens with one attached hydrogen (secondary N) is 1. The summed E-state index contributed by atoms with van der Waals surface area (Å²) >= 11 is 0. The monoisotopic (exact) mass is 392 g/mol. The molecule has 2 amide bonds. The first-order valence-electron chi connectivity index (χ1n) is 8.65. The zero-order valence-electron chi connectivity index (χ0n) is 15.2. The molecule has 6 nitrogen and oxygen atoms in total. The van der Waals surface area contributed by atoms with Gasteiger partial charge in [-0.05, 0) is 23.8 Å². The Morgan fingerprint density at radius 1 is 1.25 bits per heavy atom. The van der Waals surface area contributed by atoms with Gasteiger partial charge in [-0.25, -0.2) is 0 Å². The highest BCUT2D eigenvalue weighted by Crippen LogP contribution is 2.29. The fourth-order valence-electron chi connectivity index (χ4n) is 2.95. The molecule has 0 unspecified atom stereocenters. The predicted molar refractivity (Wildman–Crippen MR) is 95.8 cm³/mol. The van der Waals surface area contributed by atoms with E-state index in [0.717, 1.165) is 23.4 Å². The maximum Gasteiger partial charge on any atom is 0.416 e. The van der Waals surface area contributed by atoms with Crippen molar-refractivity contribution in [1.29, 1.82) is 0 Å². The zero-order valence-corrected chi connectivity index (χ0v) is 15.2. The summed E-state index contributed by atoms with van der Waals surface area (Å²) in [5.41, 5.74) is 1.68. The van der Waals surface area contributed by atoms with E-state index in [-0.39, 0.29) is 12.5 Å². The molecule has 0 saturated carbocycles. The third-order valence-electron chi connectivity index (χ3n) is 4.40. The van der Waals surface area contributed by atoms with Crippen LogP contribution in [0, 0.1) is 0 Å². The van der Waals surface area contributed by atoms with Crippen LogP contribution in [0.25, 0.3) is 6.08 Å². The van der Waals surface area contributed by atoms with Crippen LogP contribution in [0.3, 0.4) is 0 Å². The lowest BCUT2D eigenvalue weighted by atomic mass is 10.1. The van der Waals surface area contributed by atoms with Gasteiger partial charge in [0.15, 0.2) is 0 Å². The van der Waals surface area contributed by atoms with Crippen molar-refractivity contribution in [3.63, 3.8) is 0 Å². The molecule has 2 aromatic rings. The maximum atomic E-state index is 12.5. The molecule has 0 atom stereocenters. The van der Waals surface area contributed by atoms with Gasteiger partial charge in [0, 0.05) is 44.4 Å². The Bertz CT molecular complexity index is 901. The lowest BCUT2D eigenvalue weighted by molar-refractivity contribution is -0.137. The Labute approximate surface area is 159 Å². The fourth-order valence-corrected chi connectivity index (χ4v) is 2.95. The zero-order chi connectivity index (χ0) is 20.3. The van der Waals surface area contributed by atoms with E-state index in [1.165, 1.54) is 24.3 Å². The van der Waals surface area contributed by atoms with Gasteiger partial charge >= 0.3 is 6.18 Å². The van der Waals surface area contributed by atoms with Crippen LogP contribution in [0.1, 0.15) is 22.4 Å². The van der Waals surface area contributed by atoms with E-state index in [4.69, 9.17) is 0 Å². The van der Waals surface area contributed by atoms with E-state index < -0.39 is 17.6 Å². The van der Waals surface area contributed by atoms with Crippen molar-refractivity contribution < 1.29 is 22.8 Å². The van der Waals surface area contributed by atoms with Gasteiger partial charge in [0.2, 0.25) is 11.8 Å². The van der Waals surface area contributed by atoms with Crippen LogP contribution >= 0.6 is 0 Å². The minimum absolute atomic E-state index is 0.147. The van der Waals surface area contributed by atoms with E-state index in [2.05, 4.69) is 10.4 Å². The van der Waals surface area contributed by atoms with E-state index in [9.17, 15) is 22.8 Å². The minimum Gasteiger partial charge on any atom is -0.343 e. The summed E-state index contributed by atoms with van der Waals surface area (Å²) in [7, 11) is 1.83. The number of fused-ring (bicyclic) bond motifs is 1. The van der Waals surface area contributed by atoms with Crippen molar-refractivity contribution in [3.8, 4) is 0 Å². The largest absolute Gasteiger partial charge is 0.416 e. The third-order valence-corrected chi connectivity index (χ3v) is 4.40. The van der Waals surface area contributed by atoms with Gasteiger partial charge in [0.1, 0.15) is 0 Å². The lowest BCUT2D eigenvalue weighted by Gasteiger charge is -2.26. The lowest BCUT2D eigenvalue weighted by Crippen LogP contribution is -2.42. The molecule has 0 spiro atoms. The molecule has 0 aliphatic carbocycles. The molecule has 0 bridgehead atoms. The Morgan fingerprint density at radius 3 is 2.64 bits per heavy atom. The van der Waals surface area contributed by atoms with Gasteiger partial charge in [0.05, 0.1) is 17.8 Å². The average molecular weight is 392 g/mol. The number of rotatable bonds is 4. The average Bonchev–Trinajstić information content (AvgIpc) is 3.03. The van der Waals surface area contributed by atoms with Crippen LogP contribution in [0.4, 0.5) is 13.2 Å². The second-order valence-corrected chi connectivity index (χ2v) is 6.51. The molecule has 28 heavy (non-hydrogen) atoms. The van der Waals surface area contributed by atoms with Crippen molar-refractivity contribution in [2.45, 2.75) is 19.1 Å². The van der Waals surface area contributed by atoms with Crippen LogP contribution in [-0.2, 0) is 35.8 Å². The van der Waals surface area contributed by atoms with Crippen molar-refractivity contribution in [3.05, 3.63) is 58.9 Å². The van der Waals surface area contributed by atoms with Crippen molar-refractivity contribution in [2.24, 2.45) is 7.05 Å². The Morgan fingerprint density at radius 2 is 1.96 bits per heavy atom. The molecule has 1 aromatic carbocycles. The van der Waals surface area contributed by atoms with Crippen LogP contribution < -0.4 is 5.32 Å². The van der Waals surface area contributed by atoms with Crippen molar-refractivity contribution in [2.75, 3.05) is 13.1 Å². The smallest absolute Gasteiger partial charge is 0.343 e. The van der Waals surface area contributed by atoms with E-state index in [0.29, 0.717) is 25.1 Å². The quantitative estimate of drug-likeness (QED) is 0.811. The molecular formula is C19H19F3N4O2. The third kappa shape index (κ3) is 4.79. The normalized spacial score (nSPS) is 14.2.